The van der Waals surface area contributed by atoms with E-state index >= 15 is 0 Å². The predicted octanol–water partition coefficient (Wildman–Crippen LogP) is 2.53. The summed E-state index contributed by atoms with van der Waals surface area (Å²) < 4.78 is 14.3. The van der Waals surface area contributed by atoms with E-state index in [1.54, 1.807) is 4.57 Å². The van der Waals surface area contributed by atoms with Crippen molar-refractivity contribution in [2.75, 3.05) is 7.11 Å². The summed E-state index contributed by atoms with van der Waals surface area (Å²) >= 11 is 0. The van der Waals surface area contributed by atoms with Crippen molar-refractivity contribution in [1.29, 1.82) is 0 Å². The zero-order valence-electron chi connectivity index (χ0n) is 18.9. The summed E-state index contributed by atoms with van der Waals surface area (Å²) in [6, 6.07) is 7.44. The second-order valence-corrected chi connectivity index (χ2v) is 8.26. The number of fused-ring (bicyclic) bond motifs is 1. The normalized spacial score (nSPS) is 11.4. The summed E-state index contributed by atoms with van der Waals surface area (Å²) in [5, 5.41) is 0. The molecule has 0 N–H and O–H groups in total. The third-order valence-electron chi connectivity index (χ3n) is 5.37. The van der Waals surface area contributed by atoms with Crippen LogP contribution >= 0.6 is 0 Å². The predicted molar refractivity (Wildman–Crippen MR) is 121 cm³/mol. The van der Waals surface area contributed by atoms with Crippen molar-refractivity contribution in [1.82, 2.24) is 23.7 Å². The van der Waals surface area contributed by atoms with Gasteiger partial charge in [-0.3, -0.25) is 9.36 Å². The zero-order valence-corrected chi connectivity index (χ0v) is 18.9. The monoisotopic (exact) mass is 451 g/mol. The minimum atomic E-state index is -0.621. The first kappa shape index (κ1) is 22.3. The number of nitrogens with zero attached hydrogens (tertiary/aromatic N) is 5. The first-order valence-corrected chi connectivity index (χ1v) is 10.6. The van der Waals surface area contributed by atoms with Gasteiger partial charge in [0.2, 0.25) is 5.89 Å². The molecule has 0 saturated heterocycles. The van der Waals surface area contributed by atoms with E-state index in [4.69, 9.17) is 4.42 Å². The Bertz CT molecular complexity index is 1420. The molecule has 3 aromatic heterocycles. The maximum Gasteiger partial charge on any atom is 0.360 e. The maximum atomic E-state index is 13.4. The molecule has 0 unspecified atom stereocenters. The highest BCUT2D eigenvalue weighted by molar-refractivity contribution is 5.86. The summed E-state index contributed by atoms with van der Waals surface area (Å²) in [6.45, 7) is 6.37. The van der Waals surface area contributed by atoms with Crippen LogP contribution in [-0.4, -0.2) is 36.7 Å². The Labute approximate surface area is 189 Å². The average Bonchev–Trinajstić information content (AvgIpc) is 3.42. The summed E-state index contributed by atoms with van der Waals surface area (Å²) in [6.07, 6.45) is 3.33. The number of aryl methyl sites for hydroxylation is 1. The highest BCUT2D eigenvalue weighted by Gasteiger charge is 2.21. The lowest BCUT2D eigenvalue weighted by atomic mass is 10.1. The third-order valence-corrected chi connectivity index (χ3v) is 5.37. The second kappa shape index (κ2) is 8.89. The molecular weight excluding hydrogens is 426 g/mol. The van der Waals surface area contributed by atoms with E-state index < -0.39 is 17.2 Å². The van der Waals surface area contributed by atoms with Crippen LogP contribution in [0, 0.1) is 12.8 Å². The van der Waals surface area contributed by atoms with Crippen LogP contribution < -0.4 is 11.2 Å². The molecule has 0 aliphatic rings. The Morgan fingerprint density at radius 3 is 2.58 bits per heavy atom. The number of oxazole rings is 1. The fourth-order valence-electron chi connectivity index (χ4n) is 3.54. The van der Waals surface area contributed by atoms with Gasteiger partial charge in [0.15, 0.2) is 16.9 Å². The molecule has 4 aromatic rings. The topological polar surface area (TPSA) is 114 Å². The molecule has 0 saturated carbocycles. The van der Waals surface area contributed by atoms with Gasteiger partial charge in [0.05, 0.1) is 19.1 Å². The average molecular weight is 451 g/mol. The van der Waals surface area contributed by atoms with E-state index in [1.165, 1.54) is 28.8 Å². The SMILES string of the molecule is COC(=O)c1coc(Cn2cnc3c2c(=O)n(CCC(C)C)c(=O)n3-c2ccc(C)cc2)n1. The Morgan fingerprint density at radius 1 is 1.18 bits per heavy atom. The first-order chi connectivity index (χ1) is 15.8. The first-order valence-electron chi connectivity index (χ1n) is 10.6. The minimum Gasteiger partial charge on any atom is -0.464 e. The van der Waals surface area contributed by atoms with E-state index in [2.05, 4.69) is 14.7 Å². The largest absolute Gasteiger partial charge is 0.464 e. The molecule has 4 rings (SSSR count). The van der Waals surface area contributed by atoms with Gasteiger partial charge >= 0.3 is 11.7 Å². The molecule has 0 spiro atoms. The van der Waals surface area contributed by atoms with Crippen molar-refractivity contribution in [2.45, 2.75) is 40.3 Å². The quantitative estimate of drug-likeness (QED) is 0.397. The number of carbonyl (C=O) groups excluding carboxylic acids is 1. The number of hydrogen-bond donors (Lipinski definition) is 0. The van der Waals surface area contributed by atoms with Crippen LogP contribution in [0.15, 0.2) is 50.9 Å². The number of hydrogen-bond acceptors (Lipinski definition) is 7. The molecule has 0 radical (unpaired) electrons. The number of methoxy groups -OCH3 is 1. The molecule has 0 atom stereocenters. The lowest BCUT2D eigenvalue weighted by molar-refractivity contribution is 0.0594. The fourth-order valence-corrected chi connectivity index (χ4v) is 3.54. The lowest BCUT2D eigenvalue weighted by Crippen LogP contribution is -2.40. The Hall–Kier alpha value is -3.95. The van der Waals surface area contributed by atoms with E-state index in [0.29, 0.717) is 18.0 Å². The summed E-state index contributed by atoms with van der Waals surface area (Å²) in [5.41, 5.74) is 1.31. The van der Waals surface area contributed by atoms with Crippen molar-refractivity contribution in [2.24, 2.45) is 5.92 Å². The smallest absolute Gasteiger partial charge is 0.360 e. The molecule has 0 bridgehead atoms. The minimum absolute atomic E-state index is 0.0304. The van der Waals surface area contributed by atoms with Crippen molar-refractivity contribution in [3.05, 3.63) is 74.8 Å². The molecule has 33 heavy (non-hydrogen) atoms. The second-order valence-electron chi connectivity index (χ2n) is 8.26. The Balaban J connectivity index is 1.89. The molecular formula is C23H25N5O5. The van der Waals surface area contributed by atoms with Gasteiger partial charge < -0.3 is 13.7 Å². The van der Waals surface area contributed by atoms with Gasteiger partial charge in [-0.25, -0.2) is 24.1 Å². The number of esters is 1. The molecule has 1 aromatic carbocycles. The number of aromatic nitrogens is 5. The van der Waals surface area contributed by atoms with Crippen LogP contribution in [0.4, 0.5) is 0 Å². The van der Waals surface area contributed by atoms with Gasteiger partial charge in [-0.2, -0.15) is 0 Å². The van der Waals surface area contributed by atoms with Crippen LogP contribution in [0.2, 0.25) is 0 Å². The number of benzene rings is 1. The van der Waals surface area contributed by atoms with E-state index in [0.717, 1.165) is 5.56 Å². The molecule has 0 fully saturated rings. The highest BCUT2D eigenvalue weighted by atomic mass is 16.5. The molecule has 0 aliphatic heterocycles. The number of imidazole rings is 1. The van der Waals surface area contributed by atoms with Crippen LogP contribution in [0.3, 0.4) is 0 Å². The number of ether oxygens (including phenoxy) is 1. The van der Waals surface area contributed by atoms with Gasteiger partial charge in [0.1, 0.15) is 12.8 Å². The van der Waals surface area contributed by atoms with Gasteiger partial charge in [0, 0.05) is 6.54 Å². The molecule has 172 valence electrons. The standard InChI is InChI=1S/C23H25N5O5/c1-14(2)9-10-27-21(29)19-20(28(23(27)31)16-7-5-15(3)6-8-16)24-13-26(19)11-18-25-17(12-33-18)22(30)32-4/h5-8,12-14H,9-11H2,1-4H3. The molecule has 3 heterocycles. The molecule has 10 nitrogen and oxygen atoms in total. The van der Waals surface area contributed by atoms with E-state index in [-0.39, 0.29) is 35.8 Å². The fraction of sp³-hybridized carbons (Fsp3) is 0.348. The van der Waals surface area contributed by atoms with Crippen LogP contribution in [0.1, 0.15) is 42.2 Å². The summed E-state index contributed by atoms with van der Waals surface area (Å²) in [5.74, 6) is -0.102. The third kappa shape index (κ3) is 4.23. The number of rotatable bonds is 7. The van der Waals surface area contributed by atoms with Crippen LogP contribution in [0.25, 0.3) is 16.9 Å². The van der Waals surface area contributed by atoms with Crippen molar-refractivity contribution >= 4 is 17.1 Å². The van der Waals surface area contributed by atoms with Crippen LogP contribution in [-0.2, 0) is 17.8 Å². The highest BCUT2D eigenvalue weighted by Crippen LogP contribution is 2.16. The van der Waals surface area contributed by atoms with Gasteiger partial charge in [-0.05, 0) is 31.4 Å². The number of carbonyl (C=O) groups is 1. The van der Waals surface area contributed by atoms with Crippen molar-refractivity contribution in [3.8, 4) is 5.69 Å². The van der Waals surface area contributed by atoms with E-state index in [9.17, 15) is 14.4 Å². The Kier molecular flexibility index (Phi) is 5.99. The summed E-state index contributed by atoms with van der Waals surface area (Å²) in [4.78, 5) is 46.9. The molecule has 0 amide bonds. The van der Waals surface area contributed by atoms with Gasteiger partial charge in [-0.15, -0.1) is 0 Å². The summed E-state index contributed by atoms with van der Waals surface area (Å²) in [7, 11) is 1.25. The van der Waals surface area contributed by atoms with Gasteiger partial charge in [0.25, 0.3) is 5.56 Å². The van der Waals surface area contributed by atoms with E-state index in [1.807, 2.05) is 45.0 Å². The lowest BCUT2D eigenvalue weighted by Gasteiger charge is -2.13. The zero-order chi connectivity index (χ0) is 23.7. The maximum absolute atomic E-state index is 13.4. The van der Waals surface area contributed by atoms with Crippen LogP contribution in [0.5, 0.6) is 0 Å². The molecule has 0 aliphatic carbocycles. The Morgan fingerprint density at radius 2 is 1.91 bits per heavy atom. The van der Waals surface area contributed by atoms with Crippen molar-refractivity contribution < 1.29 is 13.9 Å². The van der Waals surface area contributed by atoms with Gasteiger partial charge in [-0.1, -0.05) is 31.5 Å². The molecule has 10 heteroatoms. The van der Waals surface area contributed by atoms with Crippen molar-refractivity contribution in [3.63, 3.8) is 0 Å².